The van der Waals surface area contributed by atoms with Crippen molar-refractivity contribution in [1.82, 2.24) is 0 Å². The van der Waals surface area contributed by atoms with Crippen LogP contribution in [0.5, 0.6) is 0 Å². The summed E-state index contributed by atoms with van der Waals surface area (Å²) in [6.07, 6.45) is 3.42. The molecule has 2 aromatic rings. The average molecular weight is 375 g/mol. The van der Waals surface area contributed by atoms with Crippen LogP contribution in [-0.2, 0) is 4.79 Å². The van der Waals surface area contributed by atoms with Gasteiger partial charge in [-0.15, -0.1) is 12.4 Å². The number of urea groups is 1. The fourth-order valence-corrected chi connectivity index (χ4v) is 2.94. The van der Waals surface area contributed by atoms with E-state index < -0.39 is 5.54 Å². The van der Waals surface area contributed by atoms with Crippen LogP contribution in [0.4, 0.5) is 21.9 Å². The van der Waals surface area contributed by atoms with Crippen molar-refractivity contribution in [1.29, 1.82) is 0 Å². The highest BCUT2D eigenvalue weighted by molar-refractivity contribution is 6.00. The van der Waals surface area contributed by atoms with Gasteiger partial charge in [-0.05, 0) is 49.2 Å². The molecule has 1 aliphatic carbocycles. The van der Waals surface area contributed by atoms with E-state index in [1.165, 1.54) is 0 Å². The quantitative estimate of drug-likeness (QED) is 0.652. The van der Waals surface area contributed by atoms with Gasteiger partial charge in [0.2, 0.25) is 5.91 Å². The van der Waals surface area contributed by atoms with Gasteiger partial charge in [-0.3, -0.25) is 4.79 Å². The first-order valence-electron chi connectivity index (χ1n) is 8.39. The Hall–Kier alpha value is -2.57. The SMILES string of the molecule is Cl.NC1(C(=O)Nc2ccc(NC(=O)Nc3ccccc3)cc2)CCCC1. The highest BCUT2D eigenvalue weighted by Crippen LogP contribution is 2.28. The van der Waals surface area contributed by atoms with Gasteiger partial charge in [0.25, 0.3) is 0 Å². The van der Waals surface area contributed by atoms with Crippen molar-refractivity contribution in [3.8, 4) is 0 Å². The minimum absolute atomic E-state index is 0. The minimum atomic E-state index is -0.757. The Bertz CT molecular complexity index is 744. The molecule has 3 rings (SSSR count). The Balaban J connectivity index is 0.00000243. The lowest BCUT2D eigenvalue weighted by Gasteiger charge is -2.22. The van der Waals surface area contributed by atoms with Gasteiger partial charge in [-0.1, -0.05) is 31.0 Å². The minimum Gasteiger partial charge on any atom is -0.324 e. The van der Waals surface area contributed by atoms with E-state index in [1.807, 2.05) is 30.3 Å². The van der Waals surface area contributed by atoms with Crippen molar-refractivity contribution in [2.24, 2.45) is 5.73 Å². The highest BCUT2D eigenvalue weighted by atomic mass is 35.5. The molecule has 2 aromatic carbocycles. The number of para-hydroxylation sites is 1. The Morgan fingerprint density at radius 1 is 0.769 bits per heavy atom. The van der Waals surface area contributed by atoms with Gasteiger partial charge in [0.1, 0.15) is 0 Å². The second-order valence-corrected chi connectivity index (χ2v) is 6.34. The van der Waals surface area contributed by atoms with E-state index in [2.05, 4.69) is 16.0 Å². The summed E-state index contributed by atoms with van der Waals surface area (Å²) in [6, 6.07) is 15.8. The van der Waals surface area contributed by atoms with Crippen LogP contribution in [0.2, 0.25) is 0 Å². The normalized spacial score (nSPS) is 14.8. The first-order chi connectivity index (χ1) is 12.0. The summed E-state index contributed by atoms with van der Waals surface area (Å²) in [5.41, 5.74) is 7.40. The largest absolute Gasteiger partial charge is 0.324 e. The number of anilines is 3. The Kier molecular flexibility index (Phi) is 6.60. The van der Waals surface area contributed by atoms with Gasteiger partial charge in [0.05, 0.1) is 5.54 Å². The van der Waals surface area contributed by atoms with Gasteiger partial charge >= 0.3 is 6.03 Å². The van der Waals surface area contributed by atoms with Crippen molar-refractivity contribution >= 4 is 41.4 Å². The van der Waals surface area contributed by atoms with E-state index in [0.717, 1.165) is 25.7 Å². The fraction of sp³-hybridized carbons (Fsp3) is 0.263. The van der Waals surface area contributed by atoms with Gasteiger partial charge in [0.15, 0.2) is 0 Å². The van der Waals surface area contributed by atoms with Crippen molar-refractivity contribution in [2.75, 3.05) is 16.0 Å². The lowest BCUT2D eigenvalue weighted by Crippen LogP contribution is -2.48. The number of hydrogen-bond acceptors (Lipinski definition) is 3. The number of nitrogens with one attached hydrogen (secondary N) is 3. The van der Waals surface area contributed by atoms with Gasteiger partial charge < -0.3 is 21.7 Å². The van der Waals surface area contributed by atoms with Crippen molar-refractivity contribution in [3.63, 3.8) is 0 Å². The number of carbonyl (C=O) groups is 2. The second-order valence-electron chi connectivity index (χ2n) is 6.34. The molecule has 1 aliphatic rings. The zero-order chi connectivity index (χ0) is 17.7. The summed E-state index contributed by atoms with van der Waals surface area (Å²) in [5.74, 6) is -0.146. The maximum Gasteiger partial charge on any atom is 0.323 e. The molecular formula is C19H23ClN4O2. The predicted molar refractivity (Wildman–Crippen MR) is 107 cm³/mol. The molecular weight excluding hydrogens is 352 g/mol. The molecule has 3 amide bonds. The van der Waals surface area contributed by atoms with E-state index in [4.69, 9.17) is 5.73 Å². The Labute approximate surface area is 159 Å². The molecule has 0 heterocycles. The fourth-order valence-electron chi connectivity index (χ4n) is 2.94. The summed E-state index contributed by atoms with van der Waals surface area (Å²) >= 11 is 0. The molecule has 0 unspecified atom stereocenters. The molecule has 0 radical (unpaired) electrons. The lowest BCUT2D eigenvalue weighted by atomic mass is 9.98. The Morgan fingerprint density at radius 2 is 1.23 bits per heavy atom. The summed E-state index contributed by atoms with van der Waals surface area (Å²) in [4.78, 5) is 24.2. The van der Waals surface area contributed by atoms with E-state index in [1.54, 1.807) is 24.3 Å². The van der Waals surface area contributed by atoms with Crippen LogP contribution >= 0.6 is 12.4 Å². The summed E-state index contributed by atoms with van der Waals surface area (Å²) in [6.45, 7) is 0. The predicted octanol–water partition coefficient (Wildman–Crippen LogP) is 3.96. The van der Waals surface area contributed by atoms with Crippen LogP contribution in [0.3, 0.4) is 0 Å². The zero-order valence-electron chi connectivity index (χ0n) is 14.3. The van der Waals surface area contributed by atoms with Gasteiger partial charge in [-0.2, -0.15) is 0 Å². The second kappa shape index (κ2) is 8.69. The molecule has 0 bridgehead atoms. The smallest absolute Gasteiger partial charge is 0.323 e. The summed E-state index contributed by atoms with van der Waals surface area (Å²) < 4.78 is 0. The van der Waals surface area contributed by atoms with E-state index in [-0.39, 0.29) is 24.3 Å². The van der Waals surface area contributed by atoms with E-state index >= 15 is 0 Å². The van der Waals surface area contributed by atoms with E-state index in [9.17, 15) is 9.59 Å². The number of carbonyl (C=O) groups excluding carboxylic acids is 2. The van der Waals surface area contributed by atoms with Crippen LogP contribution < -0.4 is 21.7 Å². The number of halogens is 1. The highest BCUT2D eigenvalue weighted by Gasteiger charge is 2.36. The number of benzene rings is 2. The number of rotatable bonds is 4. The number of nitrogens with two attached hydrogens (primary N) is 1. The molecule has 6 nitrogen and oxygen atoms in total. The first kappa shape index (κ1) is 19.8. The Morgan fingerprint density at radius 3 is 1.77 bits per heavy atom. The molecule has 0 saturated heterocycles. The monoisotopic (exact) mass is 374 g/mol. The molecule has 7 heteroatoms. The number of hydrogen-bond donors (Lipinski definition) is 4. The lowest BCUT2D eigenvalue weighted by molar-refractivity contribution is -0.121. The van der Waals surface area contributed by atoms with Crippen molar-refractivity contribution in [3.05, 3.63) is 54.6 Å². The van der Waals surface area contributed by atoms with Crippen molar-refractivity contribution in [2.45, 2.75) is 31.2 Å². The maximum atomic E-state index is 12.3. The van der Waals surface area contributed by atoms with Crippen LogP contribution in [0, 0.1) is 0 Å². The summed E-state index contributed by atoms with van der Waals surface area (Å²) in [7, 11) is 0. The molecule has 0 atom stereocenters. The zero-order valence-corrected chi connectivity index (χ0v) is 15.1. The van der Waals surface area contributed by atoms with Crippen LogP contribution in [-0.4, -0.2) is 17.5 Å². The van der Waals surface area contributed by atoms with Gasteiger partial charge in [-0.25, -0.2) is 4.79 Å². The average Bonchev–Trinajstić information content (AvgIpc) is 3.05. The third-order valence-electron chi connectivity index (χ3n) is 4.38. The van der Waals surface area contributed by atoms with E-state index in [0.29, 0.717) is 17.1 Å². The van der Waals surface area contributed by atoms with Crippen LogP contribution in [0.1, 0.15) is 25.7 Å². The number of amides is 3. The maximum absolute atomic E-state index is 12.3. The summed E-state index contributed by atoms with van der Waals surface area (Å²) in [5, 5.41) is 8.34. The van der Waals surface area contributed by atoms with Crippen molar-refractivity contribution < 1.29 is 9.59 Å². The molecule has 0 spiro atoms. The molecule has 1 saturated carbocycles. The third-order valence-corrected chi connectivity index (χ3v) is 4.38. The third kappa shape index (κ3) is 4.97. The molecule has 138 valence electrons. The first-order valence-corrected chi connectivity index (χ1v) is 8.39. The molecule has 26 heavy (non-hydrogen) atoms. The van der Waals surface area contributed by atoms with Gasteiger partial charge in [0, 0.05) is 17.1 Å². The standard InChI is InChI=1S/C19H22N4O2.ClH/c20-19(12-4-5-13-19)17(24)21-15-8-10-16(11-9-15)23-18(25)22-14-6-2-1-3-7-14;/h1-3,6-11H,4-5,12-13,20H2,(H,21,24)(H2,22,23,25);1H. The molecule has 0 aliphatic heterocycles. The topological polar surface area (TPSA) is 96.2 Å². The van der Waals surface area contributed by atoms with Crippen LogP contribution in [0.15, 0.2) is 54.6 Å². The molecule has 1 fully saturated rings. The molecule has 5 N–H and O–H groups in total. The van der Waals surface area contributed by atoms with Crippen LogP contribution in [0.25, 0.3) is 0 Å². The molecule has 0 aromatic heterocycles.